The molecule has 3 nitrogen and oxygen atoms in total. The number of hydrogen-bond acceptors (Lipinski definition) is 3. The minimum absolute atomic E-state index is 0.0367. The number of carboxylic acids is 1. The van der Waals surface area contributed by atoms with Gasteiger partial charge in [0.15, 0.2) is 0 Å². The van der Waals surface area contributed by atoms with Crippen LogP contribution in [0.1, 0.15) is 24.1 Å². The molecule has 0 amide bonds. The van der Waals surface area contributed by atoms with Gasteiger partial charge in [-0.2, -0.15) is 0 Å². The third-order valence-electron chi connectivity index (χ3n) is 3.47. The van der Waals surface area contributed by atoms with Gasteiger partial charge in [-0.05, 0) is 24.3 Å². The van der Waals surface area contributed by atoms with Crippen LogP contribution in [0.25, 0.3) is 21.3 Å². The van der Waals surface area contributed by atoms with E-state index in [2.05, 4.69) is 11.1 Å². The molecule has 0 fully saturated rings. The molecule has 0 bridgehead atoms. The predicted octanol–water partition coefficient (Wildman–Crippen LogP) is 4.54. The van der Waals surface area contributed by atoms with Gasteiger partial charge in [-0.3, -0.25) is 9.78 Å². The van der Waals surface area contributed by atoms with Crippen molar-refractivity contribution in [2.75, 3.05) is 0 Å². The summed E-state index contributed by atoms with van der Waals surface area (Å²) in [4.78, 5) is 17.5. The average Bonchev–Trinajstić information content (AvgIpc) is 2.96. The Morgan fingerprint density at radius 1 is 1.29 bits per heavy atom. The van der Waals surface area contributed by atoms with E-state index >= 15 is 0 Å². The number of rotatable bonds is 4. The van der Waals surface area contributed by atoms with Gasteiger partial charge in [0.25, 0.3) is 0 Å². The molecule has 2 aromatic heterocycles. The lowest BCUT2D eigenvalue weighted by Gasteiger charge is -2.05. The first-order valence-electron chi connectivity index (χ1n) is 6.80. The second kappa shape index (κ2) is 5.66. The van der Waals surface area contributed by atoms with Gasteiger partial charge in [-0.25, -0.2) is 0 Å². The summed E-state index contributed by atoms with van der Waals surface area (Å²) in [5, 5.41) is 10.00. The van der Waals surface area contributed by atoms with Crippen molar-refractivity contribution in [1.29, 1.82) is 0 Å². The van der Waals surface area contributed by atoms with Crippen LogP contribution in [-0.4, -0.2) is 16.1 Å². The number of carboxylic acid groups (broad SMARTS) is 1. The number of carbonyl (C=O) groups is 1. The van der Waals surface area contributed by atoms with E-state index in [-0.39, 0.29) is 12.3 Å². The first-order valence-corrected chi connectivity index (χ1v) is 7.62. The Hall–Kier alpha value is -2.20. The Bertz CT molecular complexity index is 794. The Labute approximate surface area is 126 Å². The number of aromatic nitrogens is 1. The molecule has 0 aliphatic heterocycles. The SMILES string of the molecule is CC(CC(=O)O)c1ccc(-c2cnc3ccccc3c2)s1. The molecule has 0 radical (unpaired) electrons. The van der Waals surface area contributed by atoms with Crippen LogP contribution < -0.4 is 0 Å². The van der Waals surface area contributed by atoms with Crippen LogP contribution in [0.4, 0.5) is 0 Å². The van der Waals surface area contributed by atoms with Crippen molar-refractivity contribution in [3.05, 3.63) is 53.5 Å². The minimum atomic E-state index is -0.759. The Morgan fingerprint density at radius 3 is 2.90 bits per heavy atom. The zero-order valence-electron chi connectivity index (χ0n) is 11.6. The van der Waals surface area contributed by atoms with Crippen molar-refractivity contribution in [2.24, 2.45) is 0 Å². The molecule has 3 rings (SSSR count). The van der Waals surface area contributed by atoms with Gasteiger partial charge in [0.2, 0.25) is 0 Å². The van der Waals surface area contributed by atoms with Crippen molar-refractivity contribution in [3.8, 4) is 10.4 Å². The van der Waals surface area contributed by atoms with Crippen LogP contribution in [-0.2, 0) is 4.79 Å². The molecule has 0 aliphatic carbocycles. The molecule has 2 heterocycles. The summed E-state index contributed by atoms with van der Waals surface area (Å²) < 4.78 is 0. The van der Waals surface area contributed by atoms with Crippen LogP contribution in [0.2, 0.25) is 0 Å². The maximum absolute atomic E-state index is 10.8. The number of hydrogen-bond donors (Lipinski definition) is 1. The quantitative estimate of drug-likeness (QED) is 0.769. The normalized spacial score (nSPS) is 12.4. The number of nitrogens with zero attached hydrogens (tertiary/aromatic N) is 1. The topological polar surface area (TPSA) is 50.2 Å². The summed E-state index contributed by atoms with van der Waals surface area (Å²) in [6.07, 6.45) is 2.04. The van der Waals surface area contributed by atoms with Gasteiger partial charge in [-0.15, -0.1) is 11.3 Å². The van der Waals surface area contributed by atoms with E-state index < -0.39 is 5.97 Å². The highest BCUT2D eigenvalue weighted by atomic mass is 32.1. The van der Waals surface area contributed by atoms with Crippen LogP contribution in [0.3, 0.4) is 0 Å². The fraction of sp³-hybridized carbons (Fsp3) is 0.176. The maximum atomic E-state index is 10.8. The summed E-state index contributed by atoms with van der Waals surface area (Å²) in [5.74, 6) is -0.723. The van der Waals surface area contributed by atoms with E-state index in [0.717, 1.165) is 26.2 Å². The standard InChI is InChI=1S/C17H15NO2S/c1-11(8-17(19)20)15-6-7-16(21-15)13-9-12-4-2-3-5-14(12)18-10-13/h2-7,9-11H,8H2,1H3,(H,19,20). The van der Waals surface area contributed by atoms with Crippen LogP contribution in [0, 0.1) is 0 Å². The van der Waals surface area contributed by atoms with Gasteiger partial charge >= 0.3 is 5.97 Å². The van der Waals surface area contributed by atoms with Crippen LogP contribution in [0.15, 0.2) is 48.7 Å². The zero-order chi connectivity index (χ0) is 14.8. The number of pyridine rings is 1. The molecule has 1 N–H and O–H groups in total. The Kier molecular flexibility index (Phi) is 3.71. The van der Waals surface area contributed by atoms with E-state index in [9.17, 15) is 4.79 Å². The summed E-state index contributed by atoms with van der Waals surface area (Å²) in [7, 11) is 0. The number of thiophene rings is 1. The minimum Gasteiger partial charge on any atom is -0.481 e. The van der Waals surface area contributed by atoms with Crippen LogP contribution >= 0.6 is 11.3 Å². The van der Waals surface area contributed by atoms with E-state index in [1.807, 2.05) is 49.5 Å². The molecule has 3 aromatic rings. The lowest BCUT2D eigenvalue weighted by atomic mass is 10.1. The highest BCUT2D eigenvalue weighted by molar-refractivity contribution is 7.15. The molecule has 106 valence electrons. The summed E-state index contributed by atoms with van der Waals surface area (Å²) in [6, 6.07) is 14.2. The average molecular weight is 297 g/mol. The Balaban J connectivity index is 1.92. The molecular weight excluding hydrogens is 282 g/mol. The third-order valence-corrected chi connectivity index (χ3v) is 4.83. The lowest BCUT2D eigenvalue weighted by Crippen LogP contribution is -2.00. The van der Waals surface area contributed by atoms with Gasteiger partial charge in [0, 0.05) is 32.8 Å². The second-order valence-corrected chi connectivity index (χ2v) is 6.23. The van der Waals surface area contributed by atoms with Crippen molar-refractivity contribution in [3.63, 3.8) is 0 Å². The van der Waals surface area contributed by atoms with Gasteiger partial charge in [0.05, 0.1) is 11.9 Å². The molecule has 0 saturated heterocycles. The number of fused-ring (bicyclic) bond motifs is 1. The zero-order valence-corrected chi connectivity index (χ0v) is 12.4. The second-order valence-electron chi connectivity index (χ2n) is 5.12. The van der Waals surface area contributed by atoms with Crippen LogP contribution in [0.5, 0.6) is 0 Å². The number of para-hydroxylation sites is 1. The Morgan fingerprint density at radius 2 is 2.10 bits per heavy atom. The fourth-order valence-corrected chi connectivity index (χ4v) is 3.38. The molecule has 0 spiro atoms. The summed E-state index contributed by atoms with van der Waals surface area (Å²) in [6.45, 7) is 1.95. The number of aliphatic carboxylic acids is 1. The van der Waals surface area contributed by atoms with E-state index in [0.29, 0.717) is 0 Å². The fourth-order valence-electron chi connectivity index (χ4n) is 2.34. The third kappa shape index (κ3) is 2.95. The first kappa shape index (κ1) is 13.8. The lowest BCUT2D eigenvalue weighted by molar-refractivity contribution is -0.137. The molecule has 0 aliphatic rings. The molecular formula is C17H15NO2S. The highest BCUT2D eigenvalue weighted by Gasteiger charge is 2.13. The smallest absolute Gasteiger partial charge is 0.303 e. The predicted molar refractivity (Wildman–Crippen MR) is 85.7 cm³/mol. The van der Waals surface area contributed by atoms with E-state index in [1.165, 1.54) is 0 Å². The largest absolute Gasteiger partial charge is 0.481 e. The molecule has 1 unspecified atom stereocenters. The maximum Gasteiger partial charge on any atom is 0.303 e. The van der Waals surface area contributed by atoms with E-state index in [4.69, 9.17) is 5.11 Å². The van der Waals surface area contributed by atoms with Gasteiger partial charge < -0.3 is 5.11 Å². The summed E-state index contributed by atoms with van der Waals surface area (Å²) in [5.41, 5.74) is 2.06. The first-order chi connectivity index (χ1) is 10.1. The van der Waals surface area contributed by atoms with Gasteiger partial charge in [0.1, 0.15) is 0 Å². The highest BCUT2D eigenvalue weighted by Crippen LogP contribution is 2.34. The molecule has 21 heavy (non-hydrogen) atoms. The van der Waals surface area contributed by atoms with Crippen molar-refractivity contribution in [2.45, 2.75) is 19.3 Å². The van der Waals surface area contributed by atoms with Crippen molar-refractivity contribution >= 4 is 28.2 Å². The summed E-state index contributed by atoms with van der Waals surface area (Å²) >= 11 is 1.64. The van der Waals surface area contributed by atoms with Crippen molar-refractivity contribution < 1.29 is 9.90 Å². The van der Waals surface area contributed by atoms with Gasteiger partial charge in [-0.1, -0.05) is 25.1 Å². The number of benzene rings is 1. The monoisotopic (exact) mass is 297 g/mol. The molecule has 1 aromatic carbocycles. The molecule has 4 heteroatoms. The molecule has 1 atom stereocenters. The van der Waals surface area contributed by atoms with Crippen molar-refractivity contribution in [1.82, 2.24) is 4.98 Å². The molecule has 0 saturated carbocycles. The van der Waals surface area contributed by atoms with E-state index in [1.54, 1.807) is 11.3 Å².